The van der Waals surface area contributed by atoms with Gasteiger partial charge in [0.05, 0.1) is 17.6 Å². The van der Waals surface area contributed by atoms with Gasteiger partial charge < -0.3 is 25.3 Å². The number of esters is 1. The highest BCUT2D eigenvalue weighted by Gasteiger charge is 2.28. The van der Waals surface area contributed by atoms with Crippen LogP contribution in [0.3, 0.4) is 0 Å². The van der Waals surface area contributed by atoms with Crippen molar-refractivity contribution in [2.45, 2.75) is 50.5 Å². The average molecular weight is 475 g/mol. The monoisotopic (exact) mass is 474 g/mol. The highest BCUT2D eigenvalue weighted by molar-refractivity contribution is 8.00. The number of nitrogens with zero attached hydrogens (tertiary/aromatic N) is 1. The number of ketones is 1. The normalized spacial score (nSPS) is 13.2. The Kier molecular flexibility index (Phi) is 10.6. The van der Waals surface area contributed by atoms with Crippen LogP contribution in [0, 0.1) is 5.41 Å². The van der Waals surface area contributed by atoms with Crippen LogP contribution in [-0.2, 0) is 25.5 Å². The molecule has 3 N–H and O–H groups in total. The molecule has 2 atom stereocenters. The molecule has 0 saturated carbocycles. The molecule has 1 heterocycles. The lowest BCUT2D eigenvalue weighted by molar-refractivity contribution is -0.151. The molecular weight excluding hydrogens is 440 g/mol. The molecule has 0 radical (unpaired) electrons. The van der Waals surface area contributed by atoms with Gasteiger partial charge in [-0.2, -0.15) is 0 Å². The summed E-state index contributed by atoms with van der Waals surface area (Å²) < 4.78 is 5.29. The van der Waals surface area contributed by atoms with Gasteiger partial charge in [-0.3, -0.25) is 9.59 Å². The molecule has 0 aliphatic rings. The molecule has 0 aliphatic carbocycles. The van der Waals surface area contributed by atoms with E-state index in [1.807, 2.05) is 44.6 Å². The summed E-state index contributed by atoms with van der Waals surface area (Å²) in [5.41, 5.74) is 2.04. The Morgan fingerprint density at radius 3 is 2.64 bits per heavy atom. The van der Waals surface area contributed by atoms with E-state index < -0.39 is 23.0 Å². The van der Waals surface area contributed by atoms with E-state index in [2.05, 4.69) is 15.2 Å². The number of hydrogen-bond donors (Lipinski definition) is 3. The number of nitrogens with one attached hydrogen (secondary N) is 3. The number of Topliss-reactive ketones (excluding diaryl/α,β-unsaturated/α-hetero) is 1. The van der Waals surface area contributed by atoms with Crippen molar-refractivity contribution >= 4 is 46.5 Å². The average Bonchev–Trinajstić information content (AvgIpc) is 3.17. The van der Waals surface area contributed by atoms with Crippen molar-refractivity contribution in [2.24, 2.45) is 0 Å². The zero-order valence-electron chi connectivity index (χ0n) is 19.7. The Hall–Kier alpha value is -2.65. The van der Waals surface area contributed by atoms with Crippen LogP contribution in [0.25, 0.3) is 10.9 Å². The first-order chi connectivity index (χ1) is 15.7. The predicted molar refractivity (Wildman–Crippen MR) is 133 cm³/mol. The first kappa shape index (κ1) is 26.6. The van der Waals surface area contributed by atoms with E-state index in [1.54, 1.807) is 13.8 Å². The van der Waals surface area contributed by atoms with Crippen molar-refractivity contribution in [3.63, 3.8) is 0 Å². The number of carbonyl (C=O) groups is 3. The number of carbonyl (C=O) groups excluding carboxylic acids is 3. The lowest BCUT2D eigenvalue weighted by Gasteiger charge is -2.23. The van der Waals surface area contributed by atoms with Gasteiger partial charge in [-0.05, 0) is 52.4 Å². The van der Waals surface area contributed by atoms with Crippen LogP contribution in [0.4, 0.5) is 0 Å². The number of thioether (sulfide) groups is 1. The van der Waals surface area contributed by atoms with Crippen LogP contribution in [0.2, 0.25) is 0 Å². The number of benzene rings is 1. The number of amides is 1. The number of aromatic amines is 1. The summed E-state index contributed by atoms with van der Waals surface area (Å²) in [6.07, 6.45) is 2.89. The Morgan fingerprint density at radius 2 is 1.97 bits per heavy atom. The number of H-pyrrole nitrogens is 1. The number of rotatable bonds is 14. The third-order valence-corrected chi connectivity index (χ3v) is 6.22. The molecule has 33 heavy (non-hydrogen) atoms. The van der Waals surface area contributed by atoms with Gasteiger partial charge >= 0.3 is 5.97 Å². The van der Waals surface area contributed by atoms with Crippen LogP contribution in [0.15, 0.2) is 30.5 Å². The quantitative estimate of drug-likeness (QED) is 0.286. The van der Waals surface area contributed by atoms with Crippen molar-refractivity contribution in [1.82, 2.24) is 15.2 Å². The van der Waals surface area contributed by atoms with Gasteiger partial charge in [-0.15, -0.1) is 11.8 Å². The van der Waals surface area contributed by atoms with E-state index in [-0.39, 0.29) is 24.9 Å². The van der Waals surface area contributed by atoms with Crippen molar-refractivity contribution in [3.05, 3.63) is 36.0 Å². The highest BCUT2D eigenvalue weighted by atomic mass is 32.2. The van der Waals surface area contributed by atoms with E-state index in [0.717, 1.165) is 35.0 Å². The fraction of sp³-hybridized carbons (Fsp3) is 0.500. The molecule has 0 saturated heterocycles. The molecule has 180 valence electrons. The predicted octanol–water partition coefficient (Wildman–Crippen LogP) is 2.81. The van der Waals surface area contributed by atoms with Gasteiger partial charge in [0, 0.05) is 35.8 Å². The number of para-hydroxylation sites is 1. The summed E-state index contributed by atoms with van der Waals surface area (Å²) in [5.74, 6) is -0.486. The van der Waals surface area contributed by atoms with Gasteiger partial charge in [-0.25, -0.2) is 4.79 Å². The maximum Gasteiger partial charge on any atom is 0.328 e. The first-order valence-corrected chi connectivity index (χ1v) is 12.1. The zero-order valence-corrected chi connectivity index (χ0v) is 20.5. The van der Waals surface area contributed by atoms with E-state index in [1.165, 1.54) is 11.8 Å². The number of aromatic nitrogens is 1. The second-order valence-electron chi connectivity index (χ2n) is 8.42. The van der Waals surface area contributed by atoms with Crippen molar-refractivity contribution in [3.8, 4) is 0 Å². The van der Waals surface area contributed by atoms with E-state index >= 15 is 0 Å². The number of fused-ring (bicyclic) bond motifs is 1. The molecule has 0 fully saturated rings. The lowest BCUT2D eigenvalue weighted by atomic mass is 10.1. The minimum absolute atomic E-state index is 0.0114. The summed E-state index contributed by atoms with van der Waals surface area (Å²) in [4.78, 5) is 42.8. The standard InChI is InChI=1S/C24H34N4O4S/c1-16(2)32-24(31)21(10-9-18(29)14-25)27-23(30)22(33-12-11-28(3)4)13-17-15-26-20-8-6-5-7-19(17)20/h5-8,14-16,21-22,25-26H,9-13H2,1-4H3,(H,27,30)/t21-,22-/m0/s1. The third-order valence-electron chi connectivity index (χ3n) is 5.02. The van der Waals surface area contributed by atoms with Crippen LogP contribution in [0.1, 0.15) is 32.3 Å². The van der Waals surface area contributed by atoms with E-state index in [9.17, 15) is 14.4 Å². The molecule has 0 spiro atoms. The van der Waals surface area contributed by atoms with Crippen LogP contribution < -0.4 is 5.32 Å². The van der Waals surface area contributed by atoms with Gasteiger partial charge in [0.2, 0.25) is 5.91 Å². The summed E-state index contributed by atoms with van der Waals surface area (Å²) in [5, 5.41) is 10.5. The SMILES string of the molecule is CC(C)OC(=O)[C@H](CCC(=O)C=N)NC(=O)[C@H](Cc1c[nH]c2ccccc12)SCCN(C)C. The second kappa shape index (κ2) is 13.2. The molecule has 8 nitrogen and oxygen atoms in total. The van der Waals surface area contributed by atoms with Gasteiger partial charge in [0.1, 0.15) is 6.04 Å². The summed E-state index contributed by atoms with van der Waals surface area (Å²) in [7, 11) is 3.96. The molecule has 1 aromatic heterocycles. The number of hydrogen-bond acceptors (Lipinski definition) is 7. The van der Waals surface area contributed by atoms with Crippen LogP contribution in [0.5, 0.6) is 0 Å². The van der Waals surface area contributed by atoms with Crippen LogP contribution >= 0.6 is 11.8 Å². The Labute approximate surface area is 199 Å². The maximum absolute atomic E-state index is 13.3. The number of ether oxygens (including phenoxy) is 1. The maximum atomic E-state index is 13.3. The third kappa shape index (κ3) is 8.66. The van der Waals surface area contributed by atoms with Crippen molar-refractivity contribution < 1.29 is 19.1 Å². The first-order valence-electron chi connectivity index (χ1n) is 11.1. The Morgan fingerprint density at radius 1 is 1.24 bits per heavy atom. The molecule has 9 heteroatoms. The van der Waals surface area contributed by atoms with Crippen molar-refractivity contribution in [1.29, 1.82) is 5.41 Å². The van der Waals surface area contributed by atoms with E-state index in [4.69, 9.17) is 10.1 Å². The molecule has 0 unspecified atom stereocenters. The molecule has 1 aromatic carbocycles. The Bertz CT molecular complexity index is 957. The summed E-state index contributed by atoms with van der Waals surface area (Å²) >= 11 is 1.54. The molecular formula is C24H34N4O4S. The highest BCUT2D eigenvalue weighted by Crippen LogP contribution is 2.24. The fourth-order valence-corrected chi connectivity index (χ4v) is 4.56. The summed E-state index contributed by atoms with van der Waals surface area (Å²) in [6.45, 7) is 4.28. The molecule has 2 rings (SSSR count). The van der Waals surface area contributed by atoms with Gasteiger partial charge in [0.25, 0.3) is 0 Å². The lowest BCUT2D eigenvalue weighted by Crippen LogP contribution is -2.46. The van der Waals surface area contributed by atoms with E-state index in [0.29, 0.717) is 6.42 Å². The fourth-order valence-electron chi connectivity index (χ4n) is 3.29. The van der Waals surface area contributed by atoms with Crippen LogP contribution in [-0.4, -0.2) is 77.5 Å². The second-order valence-corrected chi connectivity index (χ2v) is 9.73. The molecule has 2 aromatic rings. The summed E-state index contributed by atoms with van der Waals surface area (Å²) in [6, 6.07) is 6.99. The molecule has 0 bridgehead atoms. The Balaban J connectivity index is 2.19. The largest absolute Gasteiger partial charge is 0.461 e. The van der Waals surface area contributed by atoms with Gasteiger partial charge in [0.15, 0.2) is 5.78 Å². The minimum Gasteiger partial charge on any atom is -0.461 e. The van der Waals surface area contributed by atoms with Crippen molar-refractivity contribution in [2.75, 3.05) is 26.4 Å². The molecule has 1 amide bonds. The topological polar surface area (TPSA) is 115 Å². The zero-order chi connectivity index (χ0) is 24.4. The minimum atomic E-state index is -0.941. The van der Waals surface area contributed by atoms with Gasteiger partial charge in [-0.1, -0.05) is 18.2 Å². The smallest absolute Gasteiger partial charge is 0.328 e. The molecule has 0 aliphatic heterocycles.